The fourth-order valence-corrected chi connectivity index (χ4v) is 12.8. The average Bonchev–Trinajstić information content (AvgIpc) is 0.830. The second kappa shape index (κ2) is 62.5. The van der Waals surface area contributed by atoms with Crippen LogP contribution >= 0.6 is 0 Å². The number of hydrogen-bond donors (Lipinski definition) is 9. The second-order valence-electron chi connectivity index (χ2n) is 27.5. The largest absolute Gasteiger partial charge is 0.394 e. The van der Waals surface area contributed by atoms with Crippen LogP contribution in [0.25, 0.3) is 0 Å². The Kier molecular flexibility index (Phi) is 58.4. The maximum absolute atomic E-state index is 13.4. The molecular weight excluding hydrogens is 1160 g/mol. The molecule has 0 spiro atoms. The van der Waals surface area contributed by atoms with Gasteiger partial charge in [0, 0.05) is 6.42 Å². The highest BCUT2D eigenvalue weighted by molar-refractivity contribution is 5.76. The van der Waals surface area contributed by atoms with E-state index in [1.807, 2.05) is 6.08 Å². The number of unbranched alkanes of at least 4 members (excludes halogenated alkanes) is 46. The first-order chi connectivity index (χ1) is 45.1. The molecule has 2 fully saturated rings. The predicted molar refractivity (Wildman–Crippen MR) is 378 cm³/mol. The van der Waals surface area contributed by atoms with E-state index in [1.165, 1.54) is 276 Å². The molecule has 92 heavy (non-hydrogen) atoms. The van der Waals surface area contributed by atoms with E-state index >= 15 is 0 Å². The van der Waals surface area contributed by atoms with Crippen LogP contribution in [0.1, 0.15) is 348 Å². The van der Waals surface area contributed by atoms with Crippen molar-refractivity contribution in [3.05, 3.63) is 48.6 Å². The predicted octanol–water partition coefficient (Wildman–Crippen LogP) is 17.0. The Bertz CT molecular complexity index is 1730. The zero-order valence-electron chi connectivity index (χ0n) is 59.1. The molecule has 0 aromatic heterocycles. The molecule has 9 N–H and O–H groups in total. The van der Waals surface area contributed by atoms with E-state index in [2.05, 4.69) is 55.6 Å². The lowest BCUT2D eigenvalue weighted by molar-refractivity contribution is -0.359. The van der Waals surface area contributed by atoms with E-state index in [9.17, 15) is 45.6 Å². The van der Waals surface area contributed by atoms with Crippen LogP contribution in [0.2, 0.25) is 0 Å². The molecule has 2 rings (SSSR count). The third kappa shape index (κ3) is 45.5. The van der Waals surface area contributed by atoms with Gasteiger partial charge in [-0.2, -0.15) is 0 Å². The van der Waals surface area contributed by atoms with E-state index in [0.717, 1.165) is 38.5 Å². The van der Waals surface area contributed by atoms with Gasteiger partial charge in [-0.15, -0.1) is 0 Å². The fourth-order valence-electron chi connectivity index (χ4n) is 12.8. The maximum atomic E-state index is 13.4. The Morgan fingerprint density at radius 2 is 0.728 bits per heavy atom. The van der Waals surface area contributed by atoms with E-state index in [0.29, 0.717) is 12.8 Å². The number of hydrogen-bond acceptors (Lipinski definition) is 13. The van der Waals surface area contributed by atoms with Crippen molar-refractivity contribution in [2.24, 2.45) is 0 Å². The van der Waals surface area contributed by atoms with E-state index in [-0.39, 0.29) is 18.9 Å². The highest BCUT2D eigenvalue weighted by Crippen LogP contribution is 2.30. The van der Waals surface area contributed by atoms with Crippen molar-refractivity contribution in [2.75, 3.05) is 19.8 Å². The smallest absolute Gasteiger partial charge is 0.220 e. The molecular formula is C78H145NO13. The minimum Gasteiger partial charge on any atom is -0.394 e. The molecule has 0 bridgehead atoms. The van der Waals surface area contributed by atoms with E-state index < -0.39 is 86.8 Å². The maximum Gasteiger partial charge on any atom is 0.220 e. The molecule has 0 radical (unpaired) electrons. The van der Waals surface area contributed by atoms with Gasteiger partial charge < -0.3 is 65.1 Å². The van der Waals surface area contributed by atoms with Gasteiger partial charge in [0.2, 0.25) is 5.91 Å². The van der Waals surface area contributed by atoms with Gasteiger partial charge in [0.05, 0.1) is 32.0 Å². The molecule has 14 nitrogen and oxygen atoms in total. The number of ether oxygens (including phenoxy) is 4. The SMILES string of the molecule is CCCCCCC/C=C\C/C=C\CCCCCCCCCCCCCCCCCCCCCCCCCC(=O)NC(COC1OC(CO)C(OC2OC(CO)C(O)C(O)C2O)C(O)C1O)C(O)/C=C/CC/C=C/CCCCCCCCCCCCCCCCCCC. The van der Waals surface area contributed by atoms with Gasteiger partial charge in [0.1, 0.15) is 48.8 Å². The first-order valence-corrected chi connectivity index (χ1v) is 38.9. The van der Waals surface area contributed by atoms with Crippen LogP contribution in [0.3, 0.4) is 0 Å². The molecule has 0 aromatic rings. The van der Waals surface area contributed by atoms with Crippen molar-refractivity contribution in [1.29, 1.82) is 0 Å². The topological polar surface area (TPSA) is 228 Å². The highest BCUT2D eigenvalue weighted by Gasteiger charge is 2.51. The molecule has 2 aliphatic heterocycles. The van der Waals surface area contributed by atoms with Gasteiger partial charge in [-0.3, -0.25) is 4.79 Å². The molecule has 2 heterocycles. The molecule has 12 unspecified atom stereocenters. The number of allylic oxidation sites excluding steroid dienone is 7. The minimum absolute atomic E-state index is 0.242. The monoisotopic (exact) mass is 1300 g/mol. The molecule has 2 saturated heterocycles. The van der Waals surface area contributed by atoms with Gasteiger partial charge in [-0.1, -0.05) is 326 Å². The van der Waals surface area contributed by atoms with Crippen LogP contribution in [0.15, 0.2) is 48.6 Å². The molecule has 12 atom stereocenters. The van der Waals surface area contributed by atoms with Crippen molar-refractivity contribution in [1.82, 2.24) is 5.32 Å². The lowest BCUT2D eigenvalue weighted by atomic mass is 9.97. The molecule has 540 valence electrons. The van der Waals surface area contributed by atoms with Crippen LogP contribution in [0, 0.1) is 0 Å². The summed E-state index contributed by atoms with van der Waals surface area (Å²) in [6.07, 6.45) is 66.2. The lowest BCUT2D eigenvalue weighted by Crippen LogP contribution is -2.65. The van der Waals surface area contributed by atoms with Crippen molar-refractivity contribution < 1.29 is 64.6 Å². The number of aliphatic hydroxyl groups excluding tert-OH is 8. The Hall–Kier alpha value is -2.05. The molecule has 14 heteroatoms. The summed E-state index contributed by atoms with van der Waals surface area (Å²) in [5, 5.41) is 87.6. The summed E-state index contributed by atoms with van der Waals surface area (Å²) < 4.78 is 22.9. The summed E-state index contributed by atoms with van der Waals surface area (Å²) in [7, 11) is 0. The normalized spacial score (nSPS) is 22.9. The van der Waals surface area contributed by atoms with Crippen molar-refractivity contribution in [3.8, 4) is 0 Å². The highest BCUT2D eigenvalue weighted by atomic mass is 16.7. The number of nitrogens with one attached hydrogen (secondary N) is 1. The third-order valence-electron chi connectivity index (χ3n) is 19.0. The van der Waals surface area contributed by atoms with Crippen molar-refractivity contribution in [3.63, 3.8) is 0 Å². The van der Waals surface area contributed by atoms with Crippen LogP contribution in [-0.2, 0) is 23.7 Å². The molecule has 1 amide bonds. The zero-order chi connectivity index (χ0) is 66.6. The van der Waals surface area contributed by atoms with Gasteiger partial charge >= 0.3 is 0 Å². The number of rotatable bonds is 65. The quantitative estimate of drug-likeness (QED) is 0.0204. The summed E-state index contributed by atoms with van der Waals surface area (Å²) in [6.45, 7) is 2.82. The van der Waals surface area contributed by atoms with Gasteiger partial charge in [-0.05, 0) is 64.2 Å². The van der Waals surface area contributed by atoms with E-state index in [4.69, 9.17) is 18.9 Å². The zero-order valence-corrected chi connectivity index (χ0v) is 59.1. The second-order valence-corrected chi connectivity index (χ2v) is 27.5. The van der Waals surface area contributed by atoms with Gasteiger partial charge in [0.25, 0.3) is 0 Å². The first kappa shape index (κ1) is 86.0. The third-order valence-corrected chi connectivity index (χ3v) is 19.0. The summed E-state index contributed by atoms with van der Waals surface area (Å²) in [4.78, 5) is 13.4. The fraction of sp³-hybridized carbons (Fsp3) is 0.885. The Labute approximate surface area is 563 Å². The number of amides is 1. The molecule has 0 aliphatic carbocycles. The van der Waals surface area contributed by atoms with Crippen LogP contribution in [-0.4, -0.2) is 140 Å². The summed E-state index contributed by atoms with van der Waals surface area (Å²) in [6, 6.07) is -0.932. The molecule has 0 aromatic carbocycles. The van der Waals surface area contributed by atoms with Crippen molar-refractivity contribution >= 4 is 5.91 Å². The summed E-state index contributed by atoms with van der Waals surface area (Å²) in [5.41, 5.74) is 0. The number of carbonyl (C=O) groups is 1. The van der Waals surface area contributed by atoms with Gasteiger partial charge in [0.15, 0.2) is 12.6 Å². The first-order valence-electron chi connectivity index (χ1n) is 38.9. The Morgan fingerprint density at radius 1 is 0.391 bits per heavy atom. The molecule has 2 aliphatic rings. The van der Waals surface area contributed by atoms with Crippen LogP contribution < -0.4 is 5.32 Å². The summed E-state index contributed by atoms with van der Waals surface area (Å²) >= 11 is 0. The average molecular weight is 1310 g/mol. The molecule has 0 saturated carbocycles. The van der Waals surface area contributed by atoms with E-state index in [1.54, 1.807) is 6.08 Å². The van der Waals surface area contributed by atoms with Crippen LogP contribution in [0.5, 0.6) is 0 Å². The Balaban J connectivity index is 1.62. The minimum atomic E-state index is -1.79. The number of aliphatic hydroxyl groups is 8. The summed E-state index contributed by atoms with van der Waals surface area (Å²) in [5.74, 6) is -0.242. The standard InChI is InChI=1S/C78H145NO13/c1-3-5-7-9-11-13-15-17-19-21-23-25-27-28-29-30-31-32-33-34-35-36-37-38-40-42-44-46-48-50-52-54-56-58-60-62-70(83)79-66(65-89-77-75(88)73(86)76(69(64-81)91-77)92-78-74(87)72(85)71(84)68(63-80)90-78)67(82)61-59-57-55-53-51-49-47-45-43-41-39-26-24-22-20-18-16-14-12-10-8-6-4-2/h15,17,21,23,51,53,59,61,66-69,71-78,80-82,84-88H,3-14,16,18-20,22,24-50,52,54-58,60,62-65H2,1-2H3,(H,79,83)/b17-15-,23-21-,53-51+,61-59+. The lowest BCUT2D eigenvalue weighted by Gasteiger charge is -2.46. The Morgan fingerprint density at radius 3 is 1.13 bits per heavy atom. The number of carbonyl (C=O) groups excluding carboxylic acids is 1. The van der Waals surface area contributed by atoms with Crippen molar-refractivity contribution in [2.45, 2.75) is 421 Å². The van der Waals surface area contributed by atoms with Gasteiger partial charge in [-0.25, -0.2) is 0 Å². The van der Waals surface area contributed by atoms with Crippen LogP contribution in [0.4, 0.5) is 0 Å².